The molecule has 0 aliphatic carbocycles. The number of ether oxygens (including phenoxy) is 1. The van der Waals surface area contributed by atoms with Crippen LogP contribution >= 0.6 is 39.1 Å². The van der Waals surface area contributed by atoms with Crippen LogP contribution < -0.4 is 14.8 Å². The van der Waals surface area contributed by atoms with Crippen molar-refractivity contribution in [2.24, 2.45) is 0 Å². The standard InChI is InChI=1S/C23H20BrCl2F3N4O3S/c1-33-5-4-17(12-33)36-21-9-15(2-3-19(21)23(27,28)29)32-37(34,35)18-10-20(24)22(30-11-18)31-16-7-13(25)6-14(26)8-16/h2-3,6-11,17,32H,4-5,12H2,1H3,(H,30,31). The molecule has 0 spiro atoms. The van der Waals surface area contributed by atoms with Crippen molar-refractivity contribution in [3.8, 4) is 5.75 Å². The van der Waals surface area contributed by atoms with Crippen LogP contribution in [0.15, 0.2) is 58.0 Å². The summed E-state index contributed by atoms with van der Waals surface area (Å²) in [6.07, 6.45) is -3.43. The van der Waals surface area contributed by atoms with Crippen molar-refractivity contribution in [1.29, 1.82) is 0 Å². The van der Waals surface area contributed by atoms with Crippen molar-refractivity contribution in [3.05, 3.63) is 68.7 Å². The first-order valence-corrected chi connectivity index (χ1v) is 13.8. The molecule has 2 aromatic carbocycles. The first-order chi connectivity index (χ1) is 17.3. The molecule has 4 rings (SSSR count). The van der Waals surface area contributed by atoms with Crippen molar-refractivity contribution in [3.63, 3.8) is 0 Å². The maximum absolute atomic E-state index is 13.6. The SMILES string of the molecule is CN1CCC(Oc2cc(NS(=O)(=O)c3cnc(Nc4cc(Cl)cc(Cl)c4)c(Br)c3)ccc2C(F)(F)F)C1. The van der Waals surface area contributed by atoms with E-state index in [4.69, 9.17) is 27.9 Å². The van der Waals surface area contributed by atoms with Gasteiger partial charge in [0.25, 0.3) is 10.0 Å². The molecule has 2 heterocycles. The zero-order valence-corrected chi connectivity index (χ0v) is 23.0. The number of pyridine rings is 1. The smallest absolute Gasteiger partial charge is 0.419 e. The van der Waals surface area contributed by atoms with Gasteiger partial charge in [-0.2, -0.15) is 13.2 Å². The van der Waals surface area contributed by atoms with Gasteiger partial charge in [0.1, 0.15) is 22.6 Å². The van der Waals surface area contributed by atoms with Crippen molar-refractivity contribution < 1.29 is 26.3 Å². The molecule has 1 fully saturated rings. The lowest BCUT2D eigenvalue weighted by Crippen LogP contribution is -2.23. The number of likely N-dealkylation sites (N-methyl/N-ethyl adjacent to an activating group) is 1. The summed E-state index contributed by atoms with van der Waals surface area (Å²) in [6.45, 7) is 1.16. The molecule has 1 aromatic heterocycles. The van der Waals surface area contributed by atoms with Crippen LogP contribution in [0.2, 0.25) is 10.0 Å². The van der Waals surface area contributed by atoms with Gasteiger partial charge in [-0.05, 0) is 65.8 Å². The van der Waals surface area contributed by atoms with E-state index in [-0.39, 0.29) is 10.6 Å². The predicted molar refractivity (Wildman–Crippen MR) is 140 cm³/mol. The summed E-state index contributed by atoms with van der Waals surface area (Å²) in [6, 6.07) is 8.96. The van der Waals surface area contributed by atoms with Crippen LogP contribution in [-0.2, 0) is 16.2 Å². The van der Waals surface area contributed by atoms with E-state index in [9.17, 15) is 21.6 Å². The number of likely N-dealkylation sites (tertiary alicyclic amines) is 1. The van der Waals surface area contributed by atoms with Gasteiger partial charge in [-0.25, -0.2) is 13.4 Å². The summed E-state index contributed by atoms with van der Waals surface area (Å²) in [4.78, 5) is 5.86. The van der Waals surface area contributed by atoms with Gasteiger partial charge in [0.2, 0.25) is 0 Å². The van der Waals surface area contributed by atoms with E-state index in [2.05, 4.69) is 31.0 Å². The van der Waals surface area contributed by atoms with Crippen LogP contribution in [0.1, 0.15) is 12.0 Å². The van der Waals surface area contributed by atoms with Gasteiger partial charge in [0, 0.05) is 41.1 Å². The van der Waals surface area contributed by atoms with Crippen molar-refractivity contribution >= 4 is 66.3 Å². The number of alkyl halides is 3. The van der Waals surface area contributed by atoms with Gasteiger partial charge in [0.15, 0.2) is 0 Å². The number of aromatic nitrogens is 1. The topological polar surface area (TPSA) is 83.6 Å². The lowest BCUT2D eigenvalue weighted by molar-refractivity contribution is -0.139. The second-order valence-corrected chi connectivity index (χ2v) is 11.8. The Hall–Kier alpha value is -2.25. The predicted octanol–water partition coefficient (Wildman–Crippen LogP) is 6.80. The van der Waals surface area contributed by atoms with Gasteiger partial charge < -0.3 is 15.0 Å². The minimum atomic E-state index is -4.66. The molecule has 1 aliphatic rings. The first-order valence-electron chi connectivity index (χ1n) is 10.8. The van der Waals surface area contributed by atoms with Gasteiger partial charge in [0.05, 0.1) is 15.7 Å². The molecule has 7 nitrogen and oxygen atoms in total. The number of hydrogen-bond acceptors (Lipinski definition) is 6. The number of anilines is 3. The second kappa shape index (κ2) is 10.9. The largest absolute Gasteiger partial charge is 0.488 e. The lowest BCUT2D eigenvalue weighted by Gasteiger charge is -2.19. The van der Waals surface area contributed by atoms with Crippen LogP contribution in [-0.4, -0.2) is 44.5 Å². The number of halogens is 6. The summed E-state index contributed by atoms with van der Waals surface area (Å²) in [5.41, 5.74) is -0.530. The Morgan fingerprint density at radius 3 is 2.41 bits per heavy atom. The summed E-state index contributed by atoms with van der Waals surface area (Å²) < 4.78 is 74.9. The molecular formula is C23H20BrCl2F3N4O3S. The molecule has 37 heavy (non-hydrogen) atoms. The maximum Gasteiger partial charge on any atom is 0.419 e. The summed E-state index contributed by atoms with van der Waals surface area (Å²) in [5, 5.41) is 3.77. The van der Waals surface area contributed by atoms with Gasteiger partial charge in [-0.3, -0.25) is 4.72 Å². The van der Waals surface area contributed by atoms with Gasteiger partial charge in [-0.15, -0.1) is 0 Å². The first kappa shape index (κ1) is 27.8. The highest BCUT2D eigenvalue weighted by Gasteiger charge is 2.36. The summed E-state index contributed by atoms with van der Waals surface area (Å²) in [5.74, 6) is -0.143. The number of nitrogens with one attached hydrogen (secondary N) is 2. The van der Waals surface area contributed by atoms with E-state index in [0.29, 0.717) is 45.5 Å². The van der Waals surface area contributed by atoms with E-state index in [1.807, 2.05) is 11.9 Å². The van der Waals surface area contributed by atoms with Crippen LogP contribution in [0, 0.1) is 0 Å². The monoisotopic (exact) mass is 638 g/mol. The Morgan fingerprint density at radius 1 is 1.11 bits per heavy atom. The van der Waals surface area contributed by atoms with Crippen molar-refractivity contribution in [2.45, 2.75) is 23.6 Å². The van der Waals surface area contributed by atoms with E-state index in [0.717, 1.165) is 24.4 Å². The Bertz CT molecular complexity index is 1410. The number of sulfonamides is 1. The van der Waals surface area contributed by atoms with E-state index >= 15 is 0 Å². The third kappa shape index (κ3) is 6.99. The highest BCUT2D eigenvalue weighted by atomic mass is 79.9. The van der Waals surface area contributed by atoms with Crippen LogP contribution in [0.5, 0.6) is 5.75 Å². The Labute approximate surface area is 230 Å². The zero-order valence-electron chi connectivity index (χ0n) is 19.1. The van der Waals surface area contributed by atoms with E-state index in [1.165, 1.54) is 6.07 Å². The van der Waals surface area contributed by atoms with Gasteiger partial charge >= 0.3 is 6.18 Å². The Kier molecular flexibility index (Phi) is 8.15. The molecule has 1 saturated heterocycles. The molecule has 0 amide bonds. The zero-order chi connectivity index (χ0) is 27.0. The second-order valence-electron chi connectivity index (χ2n) is 8.39. The molecule has 0 radical (unpaired) electrons. The van der Waals surface area contributed by atoms with Crippen molar-refractivity contribution in [1.82, 2.24) is 9.88 Å². The highest BCUT2D eigenvalue weighted by molar-refractivity contribution is 9.10. The molecule has 1 atom stereocenters. The fourth-order valence-corrected chi connectivity index (χ4v) is 5.87. The molecule has 198 valence electrons. The minimum absolute atomic E-state index is 0.0822. The third-order valence-corrected chi connectivity index (χ3v) is 7.82. The average Bonchev–Trinajstić information content (AvgIpc) is 3.18. The molecule has 3 aromatic rings. The van der Waals surface area contributed by atoms with E-state index < -0.39 is 33.6 Å². The van der Waals surface area contributed by atoms with Crippen LogP contribution in [0.4, 0.5) is 30.4 Å². The lowest BCUT2D eigenvalue weighted by atomic mass is 10.1. The number of rotatable bonds is 7. The number of nitrogens with zero attached hydrogens (tertiary/aromatic N) is 2. The quantitative estimate of drug-likeness (QED) is 0.296. The fourth-order valence-electron chi connectivity index (χ4n) is 3.72. The molecular weight excluding hydrogens is 620 g/mol. The van der Waals surface area contributed by atoms with E-state index in [1.54, 1.807) is 18.2 Å². The van der Waals surface area contributed by atoms with Gasteiger partial charge in [-0.1, -0.05) is 23.2 Å². The summed E-state index contributed by atoms with van der Waals surface area (Å²) in [7, 11) is -2.35. The molecule has 1 aliphatic heterocycles. The number of benzene rings is 2. The summed E-state index contributed by atoms with van der Waals surface area (Å²) >= 11 is 15.3. The Morgan fingerprint density at radius 2 is 1.81 bits per heavy atom. The minimum Gasteiger partial charge on any atom is -0.488 e. The maximum atomic E-state index is 13.6. The van der Waals surface area contributed by atoms with Crippen LogP contribution in [0.25, 0.3) is 0 Å². The molecule has 14 heteroatoms. The fraction of sp³-hybridized carbons (Fsp3) is 0.261. The normalized spacial score (nSPS) is 16.6. The highest BCUT2D eigenvalue weighted by Crippen LogP contribution is 2.39. The van der Waals surface area contributed by atoms with Crippen LogP contribution in [0.3, 0.4) is 0 Å². The molecule has 2 N–H and O–H groups in total. The Balaban J connectivity index is 1.56. The molecule has 0 bridgehead atoms. The third-order valence-electron chi connectivity index (χ3n) is 5.43. The van der Waals surface area contributed by atoms with Crippen molar-refractivity contribution in [2.75, 3.05) is 30.2 Å². The molecule has 0 saturated carbocycles. The average molecular weight is 640 g/mol. The number of hydrogen-bond donors (Lipinski definition) is 2. The molecule has 1 unspecified atom stereocenters.